The number of ketones is 2. The van der Waals surface area contributed by atoms with Crippen LogP contribution in [0.1, 0.15) is 63.0 Å². The fraction of sp³-hybridized carbons (Fsp3) is 0.238. The molecule has 0 saturated heterocycles. The average molecular weight is 365 g/mol. The first-order valence-electron chi connectivity index (χ1n) is 8.48. The molecule has 3 rings (SSSR count). The molecule has 1 amide bonds. The van der Waals surface area contributed by atoms with Crippen LogP contribution in [0.25, 0.3) is 0 Å². The van der Waals surface area contributed by atoms with Gasteiger partial charge >= 0.3 is 5.97 Å². The molecule has 1 N–H and O–H groups in total. The summed E-state index contributed by atoms with van der Waals surface area (Å²) in [5.41, 5.74) is 0.256. The number of benzene rings is 2. The molecule has 0 spiro atoms. The van der Waals surface area contributed by atoms with Gasteiger partial charge in [-0.15, -0.1) is 0 Å². The fourth-order valence-electron chi connectivity index (χ4n) is 2.98. The van der Waals surface area contributed by atoms with Gasteiger partial charge in [0.25, 0.3) is 5.91 Å². The van der Waals surface area contributed by atoms with Crippen molar-refractivity contribution in [2.45, 2.75) is 26.3 Å². The SMILES string of the molecule is CC(C)(C)NC(=O)COC(=O)c1cccc2c1C(=O)c1ccccc1C2=O. The Morgan fingerprint density at radius 2 is 1.48 bits per heavy atom. The third kappa shape index (κ3) is 3.65. The van der Waals surface area contributed by atoms with Gasteiger partial charge < -0.3 is 10.1 Å². The Kier molecular flexibility index (Phi) is 4.66. The van der Waals surface area contributed by atoms with Gasteiger partial charge in [-0.1, -0.05) is 36.4 Å². The Morgan fingerprint density at radius 3 is 2.11 bits per heavy atom. The van der Waals surface area contributed by atoms with E-state index in [0.29, 0.717) is 5.56 Å². The quantitative estimate of drug-likeness (QED) is 0.721. The molecule has 0 aromatic heterocycles. The second-order valence-corrected chi connectivity index (χ2v) is 7.31. The van der Waals surface area contributed by atoms with Crippen LogP contribution in [0.4, 0.5) is 0 Å². The van der Waals surface area contributed by atoms with Crippen LogP contribution in [0.3, 0.4) is 0 Å². The predicted octanol–water partition coefficient (Wildman–Crippen LogP) is 2.53. The maximum Gasteiger partial charge on any atom is 0.339 e. The minimum absolute atomic E-state index is 0.0161. The summed E-state index contributed by atoms with van der Waals surface area (Å²) in [4.78, 5) is 49.9. The Morgan fingerprint density at radius 1 is 0.889 bits per heavy atom. The molecule has 0 atom stereocenters. The molecule has 0 heterocycles. The van der Waals surface area contributed by atoms with Crippen LogP contribution in [0.15, 0.2) is 42.5 Å². The highest BCUT2D eigenvalue weighted by Crippen LogP contribution is 2.29. The van der Waals surface area contributed by atoms with Gasteiger partial charge in [0.15, 0.2) is 18.2 Å². The van der Waals surface area contributed by atoms with E-state index < -0.39 is 29.8 Å². The predicted molar refractivity (Wildman–Crippen MR) is 97.9 cm³/mol. The lowest BCUT2D eigenvalue weighted by Crippen LogP contribution is -2.42. The summed E-state index contributed by atoms with van der Waals surface area (Å²) in [5.74, 6) is -2.00. The fourth-order valence-corrected chi connectivity index (χ4v) is 2.98. The van der Waals surface area contributed by atoms with Crippen molar-refractivity contribution in [2.24, 2.45) is 0 Å². The van der Waals surface area contributed by atoms with Gasteiger partial charge in [-0.05, 0) is 26.8 Å². The highest BCUT2D eigenvalue weighted by atomic mass is 16.5. The number of rotatable bonds is 3. The monoisotopic (exact) mass is 365 g/mol. The zero-order valence-electron chi connectivity index (χ0n) is 15.3. The van der Waals surface area contributed by atoms with E-state index in [9.17, 15) is 19.2 Å². The van der Waals surface area contributed by atoms with Gasteiger partial charge in [0.2, 0.25) is 0 Å². The zero-order valence-corrected chi connectivity index (χ0v) is 15.3. The third-order valence-electron chi connectivity index (χ3n) is 4.02. The number of nitrogens with one attached hydrogen (secondary N) is 1. The first kappa shape index (κ1) is 18.5. The maximum absolute atomic E-state index is 12.9. The largest absolute Gasteiger partial charge is 0.452 e. The van der Waals surface area contributed by atoms with Crippen LogP contribution < -0.4 is 5.32 Å². The standard InChI is InChI=1S/C21H19NO5/c1-21(2,3)22-16(23)11-27-20(26)15-10-6-9-14-17(15)19(25)13-8-5-4-7-12(13)18(14)24/h4-10H,11H2,1-3H3,(H,22,23). The number of amides is 1. The maximum atomic E-state index is 12.9. The number of ether oxygens (including phenoxy) is 1. The molecule has 0 radical (unpaired) electrons. The Labute approximate surface area is 156 Å². The molecule has 6 heteroatoms. The molecule has 1 aliphatic carbocycles. The van der Waals surface area contributed by atoms with E-state index in [0.717, 1.165) is 0 Å². The average Bonchev–Trinajstić information content (AvgIpc) is 2.62. The summed E-state index contributed by atoms with van der Waals surface area (Å²) in [5, 5.41) is 2.68. The van der Waals surface area contributed by atoms with Crippen molar-refractivity contribution in [3.05, 3.63) is 70.3 Å². The van der Waals surface area contributed by atoms with Crippen molar-refractivity contribution >= 4 is 23.4 Å². The van der Waals surface area contributed by atoms with Crippen LogP contribution in [0, 0.1) is 0 Å². The summed E-state index contributed by atoms with van der Waals surface area (Å²) in [6, 6.07) is 10.9. The Hall–Kier alpha value is -3.28. The second-order valence-electron chi connectivity index (χ2n) is 7.31. The molecule has 1 aliphatic rings. The number of carbonyl (C=O) groups is 4. The molecule has 0 saturated carbocycles. The molecule has 0 unspecified atom stereocenters. The summed E-state index contributed by atoms with van der Waals surface area (Å²) >= 11 is 0. The lowest BCUT2D eigenvalue weighted by molar-refractivity contribution is -0.125. The van der Waals surface area contributed by atoms with Crippen LogP contribution in [0.2, 0.25) is 0 Å². The van der Waals surface area contributed by atoms with Crippen LogP contribution in [0.5, 0.6) is 0 Å². The van der Waals surface area contributed by atoms with Crippen LogP contribution in [-0.2, 0) is 9.53 Å². The van der Waals surface area contributed by atoms with E-state index in [1.54, 1.807) is 24.3 Å². The van der Waals surface area contributed by atoms with Crippen molar-refractivity contribution in [3.63, 3.8) is 0 Å². The summed E-state index contributed by atoms with van der Waals surface area (Å²) in [6.07, 6.45) is 0. The molecule has 2 aromatic carbocycles. The third-order valence-corrected chi connectivity index (χ3v) is 4.02. The Balaban J connectivity index is 1.89. The molecule has 2 aromatic rings. The summed E-state index contributed by atoms with van der Waals surface area (Å²) < 4.78 is 5.06. The van der Waals surface area contributed by atoms with Gasteiger partial charge in [-0.3, -0.25) is 14.4 Å². The van der Waals surface area contributed by atoms with E-state index in [4.69, 9.17) is 4.74 Å². The van der Waals surface area contributed by atoms with Gasteiger partial charge in [0.1, 0.15) is 0 Å². The van der Waals surface area contributed by atoms with Crippen molar-refractivity contribution in [1.29, 1.82) is 0 Å². The summed E-state index contributed by atoms with van der Waals surface area (Å²) in [7, 11) is 0. The van der Waals surface area contributed by atoms with E-state index >= 15 is 0 Å². The highest BCUT2D eigenvalue weighted by Gasteiger charge is 2.33. The van der Waals surface area contributed by atoms with Gasteiger partial charge in [-0.2, -0.15) is 0 Å². The minimum atomic E-state index is -0.823. The molecule has 6 nitrogen and oxygen atoms in total. The molecular weight excluding hydrogens is 346 g/mol. The van der Waals surface area contributed by atoms with Crippen molar-refractivity contribution < 1.29 is 23.9 Å². The van der Waals surface area contributed by atoms with Crippen molar-refractivity contribution in [2.75, 3.05) is 6.61 Å². The molecule has 27 heavy (non-hydrogen) atoms. The highest BCUT2D eigenvalue weighted by molar-refractivity contribution is 6.30. The number of fused-ring (bicyclic) bond motifs is 2. The van der Waals surface area contributed by atoms with E-state index in [1.165, 1.54) is 18.2 Å². The molecule has 138 valence electrons. The smallest absolute Gasteiger partial charge is 0.339 e. The number of carbonyl (C=O) groups excluding carboxylic acids is 4. The number of hydrogen-bond acceptors (Lipinski definition) is 5. The van der Waals surface area contributed by atoms with Gasteiger partial charge in [0.05, 0.1) is 5.56 Å². The minimum Gasteiger partial charge on any atom is -0.452 e. The van der Waals surface area contributed by atoms with Crippen molar-refractivity contribution in [3.8, 4) is 0 Å². The van der Waals surface area contributed by atoms with E-state index in [1.807, 2.05) is 20.8 Å². The first-order chi connectivity index (χ1) is 12.7. The molecule has 0 aliphatic heterocycles. The summed E-state index contributed by atoms with van der Waals surface area (Å²) in [6.45, 7) is 4.95. The van der Waals surface area contributed by atoms with E-state index in [2.05, 4.69) is 5.32 Å². The normalized spacial score (nSPS) is 12.9. The van der Waals surface area contributed by atoms with Crippen LogP contribution >= 0.6 is 0 Å². The molecular formula is C21H19NO5. The molecule has 0 bridgehead atoms. The Bertz CT molecular complexity index is 969. The van der Waals surface area contributed by atoms with Gasteiger partial charge in [-0.25, -0.2) is 4.79 Å². The topological polar surface area (TPSA) is 89.5 Å². The lowest BCUT2D eigenvalue weighted by Gasteiger charge is -2.21. The first-order valence-corrected chi connectivity index (χ1v) is 8.48. The van der Waals surface area contributed by atoms with E-state index in [-0.39, 0.29) is 28.0 Å². The number of esters is 1. The van der Waals surface area contributed by atoms with Crippen LogP contribution in [-0.4, -0.2) is 35.6 Å². The van der Waals surface area contributed by atoms with Gasteiger partial charge in [0, 0.05) is 27.8 Å². The number of hydrogen-bond donors (Lipinski definition) is 1. The molecule has 0 fully saturated rings. The van der Waals surface area contributed by atoms with Crippen molar-refractivity contribution in [1.82, 2.24) is 5.32 Å². The zero-order chi connectivity index (χ0) is 19.8. The lowest BCUT2D eigenvalue weighted by atomic mass is 9.82. The second kappa shape index (κ2) is 6.79.